The van der Waals surface area contributed by atoms with Crippen molar-refractivity contribution in [2.75, 3.05) is 5.32 Å². The van der Waals surface area contributed by atoms with Gasteiger partial charge in [0.1, 0.15) is 17.9 Å². The fourth-order valence-electron chi connectivity index (χ4n) is 3.40. The first-order valence-electron chi connectivity index (χ1n) is 9.66. The highest BCUT2D eigenvalue weighted by molar-refractivity contribution is 5.92. The summed E-state index contributed by atoms with van der Waals surface area (Å²) >= 11 is 0. The number of carbonyl (C=O) groups excluding carboxylic acids is 1. The van der Waals surface area contributed by atoms with Crippen molar-refractivity contribution in [3.63, 3.8) is 0 Å². The molecule has 3 rings (SSSR count). The zero-order valence-electron chi connectivity index (χ0n) is 17.2. The number of hydrogen-bond donors (Lipinski definition) is 1. The van der Waals surface area contributed by atoms with E-state index in [2.05, 4.69) is 10.3 Å². The Morgan fingerprint density at radius 3 is 2.23 bits per heavy atom. The van der Waals surface area contributed by atoms with Gasteiger partial charge in [-0.3, -0.25) is 18.7 Å². The fraction of sp³-hybridized carbons (Fsp3) is 0.333. The maximum absolute atomic E-state index is 12.9. The van der Waals surface area contributed by atoms with Crippen molar-refractivity contribution < 1.29 is 18.0 Å². The van der Waals surface area contributed by atoms with Gasteiger partial charge in [-0.1, -0.05) is 32.0 Å². The summed E-state index contributed by atoms with van der Waals surface area (Å²) in [6.07, 6.45) is -3.37. The number of pyridine rings is 1. The number of amides is 1. The summed E-state index contributed by atoms with van der Waals surface area (Å²) < 4.78 is 40.4. The lowest BCUT2D eigenvalue weighted by molar-refractivity contribution is -0.141. The maximum Gasteiger partial charge on any atom is 0.433 e. The molecule has 10 heteroatoms. The van der Waals surface area contributed by atoms with E-state index in [9.17, 15) is 27.6 Å². The molecule has 1 amide bonds. The van der Waals surface area contributed by atoms with Gasteiger partial charge in [0.25, 0.3) is 5.56 Å². The lowest BCUT2D eigenvalue weighted by atomic mass is 10.0. The summed E-state index contributed by atoms with van der Waals surface area (Å²) in [6, 6.07) is 7.27. The molecular weight excluding hydrogens is 413 g/mol. The van der Waals surface area contributed by atoms with Crippen LogP contribution in [-0.2, 0) is 37.4 Å². The molecule has 0 radical (unpaired) electrons. The molecule has 0 aliphatic heterocycles. The topological polar surface area (TPSA) is 86.0 Å². The molecule has 3 aromatic rings. The van der Waals surface area contributed by atoms with E-state index >= 15 is 0 Å². The number of nitrogens with zero attached hydrogens (tertiary/aromatic N) is 3. The summed E-state index contributed by atoms with van der Waals surface area (Å²) in [4.78, 5) is 41.5. The van der Waals surface area contributed by atoms with Gasteiger partial charge in [0, 0.05) is 12.7 Å². The average Bonchev–Trinajstić information content (AvgIpc) is 2.74. The number of alkyl halides is 3. The van der Waals surface area contributed by atoms with Crippen molar-refractivity contribution in [3.05, 3.63) is 68.0 Å². The number of aryl methyl sites for hydroxylation is 3. The minimum absolute atomic E-state index is 0.189. The lowest BCUT2D eigenvalue weighted by Gasteiger charge is -2.15. The number of nitrogens with one attached hydrogen (secondary N) is 1. The summed E-state index contributed by atoms with van der Waals surface area (Å²) in [7, 11) is 1.20. The number of carbonyl (C=O) groups is 1. The second-order valence-corrected chi connectivity index (χ2v) is 7.00. The average molecular weight is 434 g/mol. The summed E-state index contributed by atoms with van der Waals surface area (Å²) in [5, 5.41) is 2.58. The number of halogens is 3. The third kappa shape index (κ3) is 4.23. The number of para-hydroxylation sites is 1. The predicted octanol–water partition coefficient (Wildman–Crippen LogP) is 2.88. The van der Waals surface area contributed by atoms with Crippen molar-refractivity contribution in [1.82, 2.24) is 14.1 Å². The van der Waals surface area contributed by atoms with Crippen molar-refractivity contribution in [3.8, 4) is 0 Å². The van der Waals surface area contributed by atoms with E-state index in [-0.39, 0.29) is 5.39 Å². The Bertz CT molecular complexity index is 1250. The molecule has 7 nitrogen and oxygen atoms in total. The molecule has 1 N–H and O–H groups in total. The number of rotatable bonds is 5. The second-order valence-electron chi connectivity index (χ2n) is 7.00. The van der Waals surface area contributed by atoms with Gasteiger partial charge in [-0.15, -0.1) is 0 Å². The Morgan fingerprint density at radius 1 is 1.06 bits per heavy atom. The number of aromatic nitrogens is 3. The van der Waals surface area contributed by atoms with Crippen molar-refractivity contribution >= 4 is 22.6 Å². The standard InChI is InChI=1S/C21H21F3N4O3/c1-4-12-7-6-8-13(5-2)17(12)26-16(29)11-28-19(30)14-9-10-15(21(22,23)24)25-18(14)27(3)20(28)31/h6-10H,4-5,11H2,1-3H3,(H,26,29). The number of fused-ring (bicyclic) bond motifs is 1. The van der Waals surface area contributed by atoms with Crippen LogP contribution in [-0.4, -0.2) is 20.0 Å². The first-order chi connectivity index (χ1) is 14.6. The van der Waals surface area contributed by atoms with Crippen LogP contribution in [0, 0.1) is 0 Å². The van der Waals surface area contributed by atoms with Crippen LogP contribution < -0.4 is 16.6 Å². The van der Waals surface area contributed by atoms with Crippen LogP contribution in [0.15, 0.2) is 39.9 Å². The van der Waals surface area contributed by atoms with Gasteiger partial charge in [-0.2, -0.15) is 13.2 Å². The Morgan fingerprint density at radius 2 is 1.68 bits per heavy atom. The van der Waals surface area contributed by atoms with E-state index < -0.39 is 41.2 Å². The number of anilines is 1. The summed E-state index contributed by atoms with van der Waals surface area (Å²) in [5.41, 5.74) is -0.961. The SMILES string of the molecule is CCc1cccc(CC)c1NC(=O)Cn1c(=O)c2ccc(C(F)(F)F)nc2n(C)c1=O. The molecule has 2 aromatic heterocycles. The van der Waals surface area contributed by atoms with E-state index in [0.29, 0.717) is 29.2 Å². The fourth-order valence-corrected chi connectivity index (χ4v) is 3.40. The van der Waals surface area contributed by atoms with Crippen LogP contribution in [0.4, 0.5) is 18.9 Å². The van der Waals surface area contributed by atoms with Gasteiger partial charge < -0.3 is 5.32 Å². The van der Waals surface area contributed by atoms with Crippen molar-refractivity contribution in [2.24, 2.45) is 7.05 Å². The smallest absolute Gasteiger partial charge is 0.324 e. The Hall–Kier alpha value is -3.43. The Balaban J connectivity index is 2.02. The van der Waals surface area contributed by atoms with Gasteiger partial charge in [0.15, 0.2) is 0 Å². The van der Waals surface area contributed by atoms with E-state index in [0.717, 1.165) is 21.8 Å². The number of benzene rings is 1. The molecule has 0 unspecified atom stereocenters. The molecule has 1 aromatic carbocycles. The number of hydrogen-bond acceptors (Lipinski definition) is 4. The molecular formula is C21H21F3N4O3. The lowest BCUT2D eigenvalue weighted by Crippen LogP contribution is -2.42. The van der Waals surface area contributed by atoms with Gasteiger partial charge in [-0.05, 0) is 36.1 Å². The van der Waals surface area contributed by atoms with E-state index in [1.54, 1.807) is 0 Å². The van der Waals surface area contributed by atoms with E-state index in [4.69, 9.17) is 0 Å². The minimum atomic E-state index is -4.72. The van der Waals surface area contributed by atoms with Crippen LogP contribution in [0.3, 0.4) is 0 Å². The quantitative estimate of drug-likeness (QED) is 0.669. The van der Waals surface area contributed by atoms with Crippen LogP contribution in [0.25, 0.3) is 11.0 Å². The van der Waals surface area contributed by atoms with Crippen molar-refractivity contribution in [1.29, 1.82) is 0 Å². The third-order valence-corrected chi connectivity index (χ3v) is 5.04. The van der Waals surface area contributed by atoms with Crippen LogP contribution in [0.2, 0.25) is 0 Å². The second kappa shape index (κ2) is 8.37. The van der Waals surface area contributed by atoms with Gasteiger partial charge in [0.05, 0.1) is 5.39 Å². The minimum Gasteiger partial charge on any atom is -0.324 e. The van der Waals surface area contributed by atoms with Crippen LogP contribution in [0.1, 0.15) is 30.7 Å². The molecule has 2 heterocycles. The molecule has 31 heavy (non-hydrogen) atoms. The molecule has 0 spiro atoms. The Kier molecular flexibility index (Phi) is 6.01. The Labute approximate surface area is 175 Å². The van der Waals surface area contributed by atoms with Crippen LogP contribution >= 0.6 is 0 Å². The molecule has 0 aliphatic rings. The predicted molar refractivity (Wildman–Crippen MR) is 110 cm³/mol. The summed E-state index contributed by atoms with van der Waals surface area (Å²) in [6.45, 7) is 3.30. The van der Waals surface area contributed by atoms with E-state index in [1.165, 1.54) is 7.05 Å². The normalized spacial score (nSPS) is 11.7. The largest absolute Gasteiger partial charge is 0.433 e. The first-order valence-corrected chi connectivity index (χ1v) is 9.66. The molecule has 0 fully saturated rings. The highest BCUT2D eigenvalue weighted by atomic mass is 19.4. The molecule has 0 aliphatic carbocycles. The first kappa shape index (κ1) is 22.3. The maximum atomic E-state index is 12.9. The van der Waals surface area contributed by atoms with Crippen LogP contribution in [0.5, 0.6) is 0 Å². The highest BCUT2D eigenvalue weighted by Crippen LogP contribution is 2.28. The molecule has 0 atom stereocenters. The van der Waals surface area contributed by atoms with Crippen molar-refractivity contribution in [2.45, 2.75) is 39.4 Å². The van der Waals surface area contributed by atoms with Gasteiger partial charge in [-0.25, -0.2) is 9.78 Å². The monoisotopic (exact) mass is 434 g/mol. The molecule has 0 bridgehead atoms. The zero-order valence-corrected chi connectivity index (χ0v) is 17.2. The zero-order chi connectivity index (χ0) is 22.9. The van der Waals surface area contributed by atoms with Gasteiger partial charge in [0.2, 0.25) is 5.91 Å². The highest BCUT2D eigenvalue weighted by Gasteiger charge is 2.33. The molecule has 0 saturated carbocycles. The van der Waals surface area contributed by atoms with Gasteiger partial charge >= 0.3 is 11.9 Å². The summed E-state index contributed by atoms with van der Waals surface area (Å²) in [5.74, 6) is -0.589. The molecule has 0 saturated heterocycles. The molecule has 164 valence electrons. The van der Waals surface area contributed by atoms with E-state index in [1.807, 2.05) is 32.0 Å². The third-order valence-electron chi connectivity index (χ3n) is 5.04.